The predicted octanol–water partition coefficient (Wildman–Crippen LogP) is 5.13. The van der Waals surface area contributed by atoms with Crippen LogP contribution in [-0.4, -0.2) is 26.3 Å². The molecule has 0 aromatic carbocycles. The van der Waals surface area contributed by atoms with Gasteiger partial charge in [-0.15, -0.1) is 0 Å². The van der Waals surface area contributed by atoms with E-state index in [0.29, 0.717) is 5.92 Å². The van der Waals surface area contributed by atoms with E-state index in [1.807, 2.05) is 0 Å². The van der Waals surface area contributed by atoms with Crippen molar-refractivity contribution in [1.82, 2.24) is 0 Å². The summed E-state index contributed by atoms with van der Waals surface area (Å²) in [4.78, 5) is 0. The molecule has 19 heavy (non-hydrogen) atoms. The van der Waals surface area contributed by atoms with E-state index in [4.69, 9.17) is 4.33 Å². The predicted molar refractivity (Wildman–Crippen MR) is 89.5 cm³/mol. The molecule has 0 aromatic heterocycles. The Labute approximate surface area is 120 Å². The van der Waals surface area contributed by atoms with E-state index < -0.39 is 9.44 Å². The highest BCUT2D eigenvalue weighted by molar-refractivity contribution is 8.47. The largest absolute Gasteiger partial charge is 0.243 e. The van der Waals surface area contributed by atoms with Gasteiger partial charge in [-0.25, -0.2) is 9.59 Å². The van der Waals surface area contributed by atoms with Gasteiger partial charge >= 0.3 is 0 Å². The molecule has 0 amide bonds. The fraction of sp³-hybridized carbons (Fsp3) is 1.00. The van der Waals surface area contributed by atoms with E-state index in [9.17, 15) is 5.26 Å². The molecule has 1 fully saturated rings. The lowest BCUT2D eigenvalue weighted by Gasteiger charge is -2.78. The third kappa shape index (κ3) is 2.26. The van der Waals surface area contributed by atoms with Crippen LogP contribution in [0.3, 0.4) is 0 Å². The highest BCUT2D eigenvalue weighted by atomic mass is 32.3. The van der Waals surface area contributed by atoms with Crippen LogP contribution in [-0.2, 0) is 4.33 Å². The number of hydrogen-bond donors (Lipinski definition) is 2. The van der Waals surface area contributed by atoms with Crippen molar-refractivity contribution in [3.05, 3.63) is 0 Å². The first-order valence-corrected chi connectivity index (χ1v) is 10.1. The Morgan fingerprint density at radius 2 is 1.47 bits per heavy atom. The average Bonchev–Trinajstić information content (AvgIpc) is 2.10. The molecule has 1 aliphatic heterocycles. The van der Waals surface area contributed by atoms with Crippen molar-refractivity contribution in [1.29, 1.82) is 0 Å². The van der Waals surface area contributed by atoms with Gasteiger partial charge in [-0.05, 0) is 38.8 Å². The standard InChI is InChI=1S/C16H36O2S/c1-13-10-16(8,9)12-19(11-13,18-17,14(2,3)4)15(5,6)7/h13,17,19H,10-12H2,1-9H3. The smallest absolute Gasteiger partial charge is 0.000428 e. The van der Waals surface area contributed by atoms with Crippen molar-refractivity contribution < 1.29 is 9.59 Å². The summed E-state index contributed by atoms with van der Waals surface area (Å²) < 4.78 is 5.61. The number of thiol groups is 1. The highest BCUT2D eigenvalue weighted by Gasteiger charge is 2.64. The minimum Gasteiger partial charge on any atom is -0.243 e. The summed E-state index contributed by atoms with van der Waals surface area (Å²) in [6, 6.07) is 0. The molecule has 1 unspecified atom stereocenters. The maximum absolute atomic E-state index is 10.2. The summed E-state index contributed by atoms with van der Waals surface area (Å²) >= 11 is 0. The molecule has 1 heterocycles. The van der Waals surface area contributed by atoms with Gasteiger partial charge in [0, 0.05) is 0 Å². The second-order valence-electron chi connectivity index (χ2n) is 9.65. The molecular weight excluding hydrogens is 256 g/mol. The van der Waals surface area contributed by atoms with Crippen molar-refractivity contribution in [3.63, 3.8) is 0 Å². The molecule has 1 aliphatic rings. The maximum Gasteiger partial charge on any atom is -0.000428 e. The zero-order valence-corrected chi connectivity index (χ0v) is 15.4. The van der Waals surface area contributed by atoms with Crippen molar-refractivity contribution in [3.8, 4) is 0 Å². The van der Waals surface area contributed by atoms with Crippen molar-refractivity contribution in [2.24, 2.45) is 11.3 Å². The zero-order chi connectivity index (χ0) is 15.4. The fourth-order valence-corrected chi connectivity index (χ4v) is 13.2. The molecule has 3 heteroatoms. The van der Waals surface area contributed by atoms with Crippen LogP contribution < -0.4 is 0 Å². The van der Waals surface area contributed by atoms with Crippen LogP contribution >= 0.6 is 9.44 Å². The molecule has 0 aromatic rings. The SMILES string of the molecule is CC1CC(C)(C)C[SH](OO)(C(C)(C)C)(C(C)(C)C)C1. The van der Waals surface area contributed by atoms with Crippen LogP contribution in [0.4, 0.5) is 0 Å². The van der Waals surface area contributed by atoms with E-state index in [2.05, 4.69) is 62.3 Å². The van der Waals surface area contributed by atoms with Gasteiger partial charge in [0.15, 0.2) is 0 Å². The summed E-state index contributed by atoms with van der Waals surface area (Å²) in [5.41, 5.74) is 0.235. The summed E-state index contributed by atoms with van der Waals surface area (Å²) in [5.74, 6) is 2.66. The second kappa shape index (κ2) is 4.38. The molecule has 1 N–H and O–H groups in total. The lowest BCUT2D eigenvalue weighted by Crippen LogP contribution is -2.60. The van der Waals surface area contributed by atoms with Gasteiger partial charge in [0.1, 0.15) is 0 Å². The molecule has 0 spiro atoms. The molecule has 1 saturated heterocycles. The van der Waals surface area contributed by atoms with Crippen LogP contribution in [0.2, 0.25) is 0 Å². The Morgan fingerprint density at radius 1 is 1.05 bits per heavy atom. The summed E-state index contributed by atoms with van der Waals surface area (Å²) in [7, 11) is -2.75. The Kier molecular flexibility index (Phi) is 3.99. The summed E-state index contributed by atoms with van der Waals surface area (Å²) in [6.45, 7) is 20.6. The Balaban J connectivity index is 3.61. The first-order chi connectivity index (χ1) is 8.20. The van der Waals surface area contributed by atoms with Crippen LogP contribution in [0.1, 0.15) is 68.7 Å². The quantitative estimate of drug-likeness (QED) is 0.399. The summed E-state index contributed by atoms with van der Waals surface area (Å²) in [6.07, 6.45) is 1.22. The molecular formula is C16H36O2S. The van der Waals surface area contributed by atoms with E-state index in [0.717, 1.165) is 11.5 Å². The highest BCUT2D eigenvalue weighted by Crippen LogP contribution is 2.88. The van der Waals surface area contributed by atoms with E-state index >= 15 is 0 Å². The molecule has 1 rings (SSSR count). The minimum absolute atomic E-state index is 0.00937. The van der Waals surface area contributed by atoms with Crippen LogP contribution in [0.15, 0.2) is 0 Å². The Bertz CT molecular complexity index is 333. The van der Waals surface area contributed by atoms with Gasteiger partial charge in [-0.2, -0.15) is 9.44 Å². The molecule has 0 aliphatic carbocycles. The fourth-order valence-electron chi connectivity index (χ4n) is 5.04. The van der Waals surface area contributed by atoms with E-state index in [1.54, 1.807) is 0 Å². The lowest BCUT2D eigenvalue weighted by molar-refractivity contribution is -0.135. The monoisotopic (exact) mass is 292 g/mol. The van der Waals surface area contributed by atoms with Gasteiger partial charge in [0.2, 0.25) is 0 Å². The van der Waals surface area contributed by atoms with Crippen LogP contribution in [0.25, 0.3) is 0 Å². The molecule has 0 bridgehead atoms. The number of hydrogen-bond acceptors (Lipinski definition) is 2. The van der Waals surface area contributed by atoms with Gasteiger partial charge < -0.3 is 0 Å². The van der Waals surface area contributed by atoms with Gasteiger partial charge in [0.25, 0.3) is 0 Å². The number of rotatable bonds is 1. The average molecular weight is 293 g/mol. The van der Waals surface area contributed by atoms with Gasteiger partial charge in [0.05, 0.1) is 0 Å². The maximum atomic E-state index is 10.2. The second-order valence-corrected chi connectivity index (χ2v) is 16.0. The first kappa shape index (κ1) is 17.3. The normalized spacial score (nSPS) is 32.3. The van der Waals surface area contributed by atoms with Gasteiger partial charge in [-0.3, -0.25) is 0 Å². The lowest BCUT2D eigenvalue weighted by atomic mass is 9.85. The van der Waals surface area contributed by atoms with Crippen molar-refractivity contribution in [2.75, 3.05) is 11.5 Å². The minimum atomic E-state index is -2.75. The topological polar surface area (TPSA) is 29.5 Å². The van der Waals surface area contributed by atoms with E-state index in [1.165, 1.54) is 6.42 Å². The third-order valence-electron chi connectivity index (χ3n) is 5.67. The molecule has 118 valence electrons. The third-order valence-corrected chi connectivity index (χ3v) is 15.2. The summed E-state index contributed by atoms with van der Waals surface area (Å²) in [5, 5.41) is 10.2. The molecule has 1 atom stereocenters. The van der Waals surface area contributed by atoms with Crippen LogP contribution in [0.5, 0.6) is 0 Å². The zero-order valence-electron chi connectivity index (χ0n) is 14.5. The molecule has 2 nitrogen and oxygen atoms in total. The van der Waals surface area contributed by atoms with Crippen LogP contribution in [0, 0.1) is 11.3 Å². The Hall–Kier alpha value is 0.270. The van der Waals surface area contributed by atoms with Gasteiger partial charge in [-0.1, -0.05) is 62.3 Å². The van der Waals surface area contributed by atoms with E-state index in [-0.39, 0.29) is 14.9 Å². The molecule has 0 radical (unpaired) electrons. The Morgan fingerprint density at radius 3 is 1.74 bits per heavy atom. The van der Waals surface area contributed by atoms with Crippen molar-refractivity contribution in [2.45, 2.75) is 78.2 Å². The van der Waals surface area contributed by atoms with Crippen molar-refractivity contribution >= 4 is 9.44 Å². The molecule has 0 saturated carbocycles. The first-order valence-electron chi connectivity index (χ1n) is 7.55.